The zero-order valence-corrected chi connectivity index (χ0v) is 6.98. The fourth-order valence-electron chi connectivity index (χ4n) is 0.338. The normalized spacial score (nSPS) is 9.12. The molecule has 3 radical (unpaired) electrons. The summed E-state index contributed by atoms with van der Waals surface area (Å²) in [5.41, 5.74) is 5.26. The second-order valence-corrected chi connectivity index (χ2v) is 2.79. The van der Waals surface area contributed by atoms with Crippen molar-refractivity contribution in [1.82, 2.24) is 9.97 Å². The summed E-state index contributed by atoms with van der Waals surface area (Å²) in [6.45, 7) is 0. The van der Waals surface area contributed by atoms with Gasteiger partial charge in [-0.15, -0.1) is 0 Å². The Morgan fingerprint density at radius 3 is 2.50 bits per heavy atom. The molecule has 0 aliphatic rings. The van der Waals surface area contributed by atoms with Crippen LogP contribution in [0.4, 0.5) is 5.82 Å². The molecule has 0 saturated heterocycles. The molecule has 0 saturated carbocycles. The molecule has 0 unspecified atom stereocenters. The number of nitrogens with zero attached hydrogens (tertiary/aromatic N) is 2. The minimum atomic E-state index is 0.483. The SMILES string of the molecule is Nc1cn[c]([Sn])cn1. The van der Waals surface area contributed by atoms with Gasteiger partial charge in [-0.2, -0.15) is 0 Å². The van der Waals surface area contributed by atoms with E-state index in [-0.39, 0.29) is 0 Å². The summed E-state index contributed by atoms with van der Waals surface area (Å²) < 4.78 is 0.978. The van der Waals surface area contributed by atoms with Crippen molar-refractivity contribution < 1.29 is 0 Å². The first-order chi connectivity index (χ1) is 3.79. The number of hydrogen-bond acceptors (Lipinski definition) is 3. The van der Waals surface area contributed by atoms with Crippen molar-refractivity contribution in [1.29, 1.82) is 0 Å². The average molecular weight is 213 g/mol. The predicted octanol–water partition coefficient (Wildman–Crippen LogP) is -1.15. The number of anilines is 1. The van der Waals surface area contributed by atoms with E-state index in [9.17, 15) is 0 Å². The first-order valence-electron chi connectivity index (χ1n) is 2.08. The van der Waals surface area contributed by atoms with E-state index in [1.165, 1.54) is 22.5 Å². The minimum absolute atomic E-state index is 0.483. The van der Waals surface area contributed by atoms with Crippen molar-refractivity contribution in [2.24, 2.45) is 0 Å². The maximum absolute atomic E-state index is 5.26. The third kappa shape index (κ3) is 1.33. The quantitative estimate of drug-likeness (QED) is 0.553. The second kappa shape index (κ2) is 2.30. The summed E-state index contributed by atoms with van der Waals surface area (Å²) >= 11 is 1.27. The van der Waals surface area contributed by atoms with E-state index in [1.807, 2.05) is 0 Å². The van der Waals surface area contributed by atoms with Gasteiger partial charge in [-0.1, -0.05) is 0 Å². The first kappa shape index (κ1) is 5.81. The van der Waals surface area contributed by atoms with Gasteiger partial charge < -0.3 is 0 Å². The molecule has 1 rings (SSSR count). The summed E-state index contributed by atoms with van der Waals surface area (Å²) in [5.74, 6) is 0.483. The van der Waals surface area contributed by atoms with Crippen LogP contribution in [0.15, 0.2) is 12.4 Å². The van der Waals surface area contributed by atoms with E-state index >= 15 is 0 Å². The van der Waals surface area contributed by atoms with Crippen LogP contribution in [-0.2, 0) is 0 Å². The van der Waals surface area contributed by atoms with Crippen molar-refractivity contribution in [3.63, 3.8) is 0 Å². The molecule has 0 bridgehead atoms. The summed E-state index contributed by atoms with van der Waals surface area (Å²) in [7, 11) is 0. The monoisotopic (exact) mass is 214 g/mol. The molecule has 8 heavy (non-hydrogen) atoms. The molecule has 1 heterocycles. The molecule has 2 N–H and O–H groups in total. The molecular formula is C4H4N3Sn. The van der Waals surface area contributed by atoms with E-state index in [0.29, 0.717) is 5.82 Å². The number of nitrogens with two attached hydrogens (primary N) is 1. The van der Waals surface area contributed by atoms with Crippen LogP contribution in [0.5, 0.6) is 0 Å². The summed E-state index contributed by atoms with van der Waals surface area (Å²) in [6.07, 6.45) is 3.23. The van der Waals surface area contributed by atoms with E-state index in [2.05, 4.69) is 9.97 Å². The molecular weight excluding hydrogens is 209 g/mol. The van der Waals surface area contributed by atoms with Crippen LogP contribution in [0.1, 0.15) is 0 Å². The van der Waals surface area contributed by atoms with Crippen LogP contribution in [0, 0.1) is 0 Å². The average Bonchev–Trinajstić information content (AvgIpc) is 1.77. The van der Waals surface area contributed by atoms with Gasteiger partial charge in [-0.3, -0.25) is 0 Å². The summed E-state index contributed by atoms with van der Waals surface area (Å²) in [6, 6.07) is 0. The summed E-state index contributed by atoms with van der Waals surface area (Å²) in [5, 5.41) is 0. The van der Waals surface area contributed by atoms with Gasteiger partial charge in [0.2, 0.25) is 0 Å². The predicted molar refractivity (Wildman–Crippen MR) is 31.8 cm³/mol. The van der Waals surface area contributed by atoms with E-state index < -0.39 is 0 Å². The zero-order valence-electron chi connectivity index (χ0n) is 4.13. The zero-order chi connectivity index (χ0) is 5.98. The first-order valence-corrected chi connectivity index (χ1v) is 3.51. The van der Waals surface area contributed by atoms with Crippen LogP contribution in [-0.4, -0.2) is 32.5 Å². The third-order valence-electron chi connectivity index (χ3n) is 0.672. The Balaban J connectivity index is 3.03. The molecule has 0 aliphatic heterocycles. The number of rotatable bonds is 0. The van der Waals surface area contributed by atoms with Crippen molar-refractivity contribution in [3.05, 3.63) is 12.4 Å². The third-order valence-corrected chi connectivity index (χ3v) is 1.41. The van der Waals surface area contributed by atoms with Gasteiger partial charge in [-0.25, -0.2) is 0 Å². The Morgan fingerprint density at radius 1 is 1.38 bits per heavy atom. The van der Waals surface area contributed by atoms with Crippen LogP contribution in [0.3, 0.4) is 0 Å². The van der Waals surface area contributed by atoms with Gasteiger partial charge in [0.15, 0.2) is 0 Å². The molecule has 4 heteroatoms. The fraction of sp³-hybridized carbons (Fsp3) is 0. The Kier molecular flexibility index (Phi) is 1.67. The number of hydrogen-bond donors (Lipinski definition) is 1. The van der Waals surface area contributed by atoms with Crippen molar-refractivity contribution in [2.75, 3.05) is 5.73 Å². The van der Waals surface area contributed by atoms with Gasteiger partial charge in [0.05, 0.1) is 0 Å². The van der Waals surface area contributed by atoms with Crippen LogP contribution in [0.2, 0.25) is 0 Å². The van der Waals surface area contributed by atoms with Gasteiger partial charge in [0, 0.05) is 0 Å². The molecule has 1 aromatic rings. The molecule has 0 aromatic carbocycles. The van der Waals surface area contributed by atoms with Crippen molar-refractivity contribution in [3.8, 4) is 0 Å². The van der Waals surface area contributed by atoms with E-state index in [1.54, 1.807) is 12.4 Å². The number of nitrogen functional groups attached to an aromatic ring is 1. The molecule has 0 aliphatic carbocycles. The maximum atomic E-state index is 5.26. The van der Waals surface area contributed by atoms with Crippen LogP contribution >= 0.6 is 0 Å². The topological polar surface area (TPSA) is 51.8 Å². The fourth-order valence-corrected chi connectivity index (χ4v) is 0.706. The number of aromatic nitrogens is 2. The van der Waals surface area contributed by atoms with Gasteiger partial charge in [0.25, 0.3) is 0 Å². The Morgan fingerprint density at radius 2 is 2.12 bits per heavy atom. The summed E-state index contributed by atoms with van der Waals surface area (Å²) in [4.78, 5) is 7.75. The van der Waals surface area contributed by atoms with Gasteiger partial charge in [-0.05, 0) is 0 Å². The van der Waals surface area contributed by atoms with E-state index in [4.69, 9.17) is 5.73 Å². The van der Waals surface area contributed by atoms with E-state index in [0.717, 1.165) is 3.71 Å². The van der Waals surface area contributed by atoms with Gasteiger partial charge >= 0.3 is 60.1 Å². The standard InChI is InChI=1S/C4H4N3.Sn/c5-4-3-6-1-2-7-4;/h2-3H,(H2,5,7);. The molecule has 0 spiro atoms. The Hall–Kier alpha value is -0.321. The van der Waals surface area contributed by atoms with Crippen LogP contribution in [0.25, 0.3) is 0 Å². The molecule has 3 nitrogen and oxygen atoms in total. The van der Waals surface area contributed by atoms with Gasteiger partial charge in [0.1, 0.15) is 0 Å². The Bertz CT molecular complexity index is 150. The molecule has 39 valence electrons. The molecule has 1 aromatic heterocycles. The Labute approximate surface area is 60.4 Å². The molecule has 0 atom stereocenters. The van der Waals surface area contributed by atoms with Crippen LogP contribution < -0.4 is 9.44 Å². The van der Waals surface area contributed by atoms with Crippen molar-refractivity contribution >= 4 is 32.1 Å². The second-order valence-electron chi connectivity index (χ2n) is 1.33. The van der Waals surface area contributed by atoms with Crippen molar-refractivity contribution in [2.45, 2.75) is 0 Å². The molecule has 0 amide bonds. The molecule has 0 fully saturated rings.